The summed E-state index contributed by atoms with van der Waals surface area (Å²) in [6.07, 6.45) is 4.97. The molecule has 5 rings (SSSR count). The van der Waals surface area contributed by atoms with Crippen LogP contribution in [0.3, 0.4) is 0 Å². The number of rotatable bonds is 5. The highest BCUT2D eigenvalue weighted by Gasteiger charge is 2.34. The third kappa shape index (κ3) is 4.33. The maximum atomic E-state index is 14.2. The van der Waals surface area contributed by atoms with E-state index in [9.17, 15) is 13.6 Å². The van der Waals surface area contributed by atoms with Crippen molar-refractivity contribution < 1.29 is 18.0 Å². The number of nitrogens with one attached hydrogen (secondary N) is 1. The number of benzene rings is 2. The van der Waals surface area contributed by atoms with Crippen molar-refractivity contribution in [3.05, 3.63) is 72.1 Å². The Morgan fingerprint density at radius 2 is 1.91 bits per heavy atom. The number of hydrogen-bond acceptors (Lipinski definition) is 6. The SMILES string of the molecule is CC1CCCN(C(=O)c2cc(F)ccc2-c2ncccn2)C1CNc1nc2ccc(F)cc2o1. The fraction of sp³-hybridized carbons (Fsp3) is 0.280. The van der Waals surface area contributed by atoms with Crippen LogP contribution >= 0.6 is 0 Å². The molecular formula is C25H23F2N5O2. The zero-order chi connectivity index (χ0) is 23.7. The molecule has 1 N–H and O–H groups in total. The van der Waals surface area contributed by atoms with Gasteiger partial charge in [0.15, 0.2) is 11.4 Å². The molecule has 1 amide bonds. The summed E-state index contributed by atoms with van der Waals surface area (Å²) < 4.78 is 33.3. The number of amides is 1. The summed E-state index contributed by atoms with van der Waals surface area (Å²) in [5, 5.41) is 3.15. The topological polar surface area (TPSA) is 84.2 Å². The number of hydrogen-bond donors (Lipinski definition) is 1. The van der Waals surface area contributed by atoms with Gasteiger partial charge in [0.1, 0.15) is 17.2 Å². The molecule has 9 heteroatoms. The number of carbonyl (C=O) groups is 1. The smallest absolute Gasteiger partial charge is 0.295 e. The Morgan fingerprint density at radius 1 is 1.15 bits per heavy atom. The fourth-order valence-corrected chi connectivity index (χ4v) is 4.46. The molecule has 2 aromatic heterocycles. The standard InChI is InChI=1S/C25H23F2N5O2/c1-15-4-2-11-32(21(15)14-30-25-31-20-8-6-17(27)13-22(20)34-25)24(33)19-12-16(26)5-7-18(19)23-28-9-3-10-29-23/h3,5-10,12-13,15,21H,2,4,11,14H2,1H3,(H,30,31). The van der Waals surface area contributed by atoms with Gasteiger partial charge in [0.25, 0.3) is 11.9 Å². The summed E-state index contributed by atoms with van der Waals surface area (Å²) in [5.41, 5.74) is 1.60. The number of fused-ring (bicyclic) bond motifs is 1. The van der Waals surface area contributed by atoms with Gasteiger partial charge in [0.2, 0.25) is 0 Å². The van der Waals surface area contributed by atoms with E-state index in [1.54, 1.807) is 29.4 Å². The van der Waals surface area contributed by atoms with Gasteiger partial charge >= 0.3 is 0 Å². The van der Waals surface area contributed by atoms with E-state index in [1.165, 1.54) is 30.3 Å². The number of nitrogens with zero attached hydrogens (tertiary/aromatic N) is 4. The molecule has 34 heavy (non-hydrogen) atoms. The maximum Gasteiger partial charge on any atom is 0.295 e. The fourth-order valence-electron chi connectivity index (χ4n) is 4.46. The van der Waals surface area contributed by atoms with Crippen molar-refractivity contribution in [2.24, 2.45) is 5.92 Å². The molecular weight excluding hydrogens is 440 g/mol. The van der Waals surface area contributed by atoms with Gasteiger partial charge in [-0.2, -0.15) is 4.98 Å². The summed E-state index contributed by atoms with van der Waals surface area (Å²) in [7, 11) is 0. The highest BCUT2D eigenvalue weighted by atomic mass is 19.1. The minimum atomic E-state index is -0.499. The number of oxazole rings is 1. The predicted octanol–water partition coefficient (Wildman–Crippen LogP) is 4.92. The van der Waals surface area contributed by atoms with Gasteiger partial charge in [-0.25, -0.2) is 18.7 Å². The number of aromatic nitrogens is 3. The normalized spacial score (nSPS) is 18.3. The lowest BCUT2D eigenvalue weighted by atomic mass is 9.89. The molecule has 2 aromatic carbocycles. The first kappa shape index (κ1) is 21.9. The molecule has 2 atom stereocenters. The van der Waals surface area contributed by atoms with Gasteiger partial charge in [-0.3, -0.25) is 4.79 Å². The Morgan fingerprint density at radius 3 is 2.74 bits per heavy atom. The first-order valence-electron chi connectivity index (χ1n) is 11.2. The van der Waals surface area contributed by atoms with Crippen LogP contribution in [0.4, 0.5) is 14.8 Å². The van der Waals surface area contributed by atoms with Crippen molar-refractivity contribution in [3.63, 3.8) is 0 Å². The lowest BCUT2D eigenvalue weighted by molar-refractivity contribution is 0.0539. The Bertz CT molecular complexity index is 1330. The second-order valence-corrected chi connectivity index (χ2v) is 8.46. The van der Waals surface area contributed by atoms with Crippen molar-refractivity contribution in [1.29, 1.82) is 0 Å². The van der Waals surface area contributed by atoms with E-state index in [0.717, 1.165) is 12.8 Å². The lowest BCUT2D eigenvalue weighted by Gasteiger charge is -2.40. The largest absolute Gasteiger partial charge is 0.423 e. The predicted molar refractivity (Wildman–Crippen MR) is 123 cm³/mol. The van der Waals surface area contributed by atoms with E-state index < -0.39 is 11.6 Å². The summed E-state index contributed by atoms with van der Waals surface area (Å²) in [4.78, 5) is 28.3. The van der Waals surface area contributed by atoms with Crippen LogP contribution < -0.4 is 5.32 Å². The lowest BCUT2D eigenvalue weighted by Crippen LogP contribution is -2.51. The van der Waals surface area contributed by atoms with Crippen molar-refractivity contribution >= 4 is 23.0 Å². The number of carbonyl (C=O) groups excluding carboxylic acids is 1. The minimum absolute atomic E-state index is 0.180. The molecule has 1 fully saturated rings. The van der Waals surface area contributed by atoms with Crippen molar-refractivity contribution in [2.75, 3.05) is 18.4 Å². The van der Waals surface area contributed by atoms with Crippen LogP contribution in [0, 0.1) is 17.6 Å². The van der Waals surface area contributed by atoms with Gasteiger partial charge in [0.05, 0.1) is 11.6 Å². The van der Waals surface area contributed by atoms with Gasteiger partial charge in [-0.15, -0.1) is 0 Å². The number of halogens is 2. The van der Waals surface area contributed by atoms with Gasteiger partial charge in [0, 0.05) is 37.1 Å². The number of piperidine rings is 1. The molecule has 1 saturated heterocycles. The van der Waals surface area contributed by atoms with Crippen LogP contribution in [0.5, 0.6) is 0 Å². The first-order chi connectivity index (χ1) is 16.5. The van der Waals surface area contributed by atoms with E-state index >= 15 is 0 Å². The third-order valence-electron chi connectivity index (χ3n) is 6.21. The molecule has 2 unspecified atom stereocenters. The molecule has 4 aromatic rings. The van der Waals surface area contributed by atoms with Gasteiger partial charge in [-0.1, -0.05) is 6.92 Å². The van der Waals surface area contributed by atoms with Crippen LogP contribution in [0.15, 0.2) is 59.3 Å². The average molecular weight is 463 g/mol. The first-order valence-corrected chi connectivity index (χ1v) is 11.2. The summed E-state index contributed by atoms with van der Waals surface area (Å²) in [6, 6.07) is 10.0. The molecule has 1 aliphatic heterocycles. The van der Waals surface area contributed by atoms with Crippen LogP contribution in [0.25, 0.3) is 22.5 Å². The summed E-state index contributed by atoms with van der Waals surface area (Å²) in [5.74, 6) is -0.621. The molecule has 1 aliphatic rings. The second kappa shape index (κ2) is 9.17. The molecule has 174 valence electrons. The van der Waals surface area contributed by atoms with Crippen molar-refractivity contribution in [1.82, 2.24) is 19.9 Å². The van der Waals surface area contributed by atoms with E-state index in [-0.39, 0.29) is 29.4 Å². The van der Waals surface area contributed by atoms with Crippen LogP contribution in [-0.4, -0.2) is 44.9 Å². The molecule has 3 heterocycles. The van der Waals surface area contributed by atoms with E-state index in [1.807, 2.05) is 0 Å². The van der Waals surface area contributed by atoms with Crippen LogP contribution in [0.1, 0.15) is 30.1 Å². The average Bonchev–Trinajstić information content (AvgIpc) is 3.25. The number of likely N-dealkylation sites (tertiary alicyclic amines) is 1. The number of anilines is 1. The van der Waals surface area contributed by atoms with E-state index in [0.29, 0.717) is 35.6 Å². The summed E-state index contributed by atoms with van der Waals surface area (Å²) >= 11 is 0. The molecule has 0 radical (unpaired) electrons. The Balaban J connectivity index is 1.41. The zero-order valence-corrected chi connectivity index (χ0v) is 18.5. The van der Waals surface area contributed by atoms with Crippen molar-refractivity contribution in [3.8, 4) is 11.4 Å². The highest BCUT2D eigenvalue weighted by molar-refractivity contribution is 6.00. The highest BCUT2D eigenvalue weighted by Crippen LogP contribution is 2.29. The second-order valence-electron chi connectivity index (χ2n) is 8.46. The minimum Gasteiger partial charge on any atom is -0.423 e. The van der Waals surface area contributed by atoms with Gasteiger partial charge in [-0.05, 0) is 55.2 Å². The van der Waals surface area contributed by atoms with Crippen molar-refractivity contribution in [2.45, 2.75) is 25.8 Å². The summed E-state index contributed by atoms with van der Waals surface area (Å²) in [6.45, 7) is 3.01. The molecule has 0 spiro atoms. The zero-order valence-electron chi connectivity index (χ0n) is 18.5. The monoisotopic (exact) mass is 463 g/mol. The Kier molecular flexibility index (Phi) is 5.91. The Labute approximate surface area is 194 Å². The molecule has 0 aliphatic carbocycles. The van der Waals surface area contributed by atoms with E-state index in [2.05, 4.69) is 27.2 Å². The maximum absolute atomic E-state index is 14.2. The van der Waals surface area contributed by atoms with E-state index in [4.69, 9.17) is 4.42 Å². The Hall–Kier alpha value is -3.88. The molecule has 0 saturated carbocycles. The van der Waals surface area contributed by atoms with Gasteiger partial charge < -0.3 is 14.6 Å². The third-order valence-corrected chi connectivity index (χ3v) is 6.21. The molecule has 0 bridgehead atoms. The molecule has 7 nitrogen and oxygen atoms in total. The quantitative estimate of drug-likeness (QED) is 0.453. The van der Waals surface area contributed by atoms with Crippen LogP contribution in [0.2, 0.25) is 0 Å². The van der Waals surface area contributed by atoms with Crippen LogP contribution in [-0.2, 0) is 0 Å².